The largest absolute Gasteiger partial charge is 0.481 e. The summed E-state index contributed by atoms with van der Waals surface area (Å²) in [6.45, 7) is 2.02. The highest BCUT2D eigenvalue weighted by molar-refractivity contribution is 7.99. The first kappa shape index (κ1) is 13.4. The third-order valence-corrected chi connectivity index (χ3v) is 4.45. The standard InChI is InChI=1S/C13H16N4O2S/c1-16-5-3-9(7-16)17-11-2-4-14-6-10(11)15-13(17)20-8-12(18)19/h2,4,6,9H,3,5,7-8H2,1H3,(H,18,19). The van der Waals surface area contributed by atoms with Crippen molar-refractivity contribution >= 4 is 28.8 Å². The van der Waals surface area contributed by atoms with Crippen molar-refractivity contribution in [1.82, 2.24) is 19.4 Å². The first-order valence-corrected chi connectivity index (χ1v) is 7.49. The van der Waals surface area contributed by atoms with E-state index in [4.69, 9.17) is 5.11 Å². The van der Waals surface area contributed by atoms with Crippen molar-refractivity contribution in [1.29, 1.82) is 0 Å². The van der Waals surface area contributed by atoms with Gasteiger partial charge in [-0.1, -0.05) is 11.8 Å². The number of nitrogens with zero attached hydrogens (tertiary/aromatic N) is 4. The Kier molecular flexibility index (Phi) is 3.62. The molecule has 1 fully saturated rings. The number of hydrogen-bond donors (Lipinski definition) is 1. The van der Waals surface area contributed by atoms with Crippen LogP contribution in [0.5, 0.6) is 0 Å². The molecule has 0 aromatic carbocycles. The highest BCUT2D eigenvalue weighted by Gasteiger charge is 2.25. The third-order valence-electron chi connectivity index (χ3n) is 3.52. The molecule has 7 heteroatoms. The van der Waals surface area contributed by atoms with Gasteiger partial charge in [-0.05, 0) is 26.1 Å². The fourth-order valence-corrected chi connectivity index (χ4v) is 3.43. The van der Waals surface area contributed by atoms with E-state index in [0.717, 1.165) is 35.7 Å². The Bertz CT molecular complexity index is 642. The SMILES string of the molecule is CN1CCC(n2c(SCC(=O)O)nc3cnccc32)C1. The molecule has 106 valence electrons. The molecule has 2 aromatic heterocycles. The third kappa shape index (κ3) is 2.51. The van der Waals surface area contributed by atoms with Gasteiger partial charge in [0.15, 0.2) is 5.16 Å². The van der Waals surface area contributed by atoms with Crippen LogP contribution in [0.1, 0.15) is 12.5 Å². The van der Waals surface area contributed by atoms with Crippen molar-refractivity contribution in [3.8, 4) is 0 Å². The van der Waals surface area contributed by atoms with Gasteiger partial charge in [-0.2, -0.15) is 0 Å². The van der Waals surface area contributed by atoms with Gasteiger partial charge < -0.3 is 14.6 Å². The molecule has 6 nitrogen and oxygen atoms in total. The number of aromatic nitrogens is 3. The van der Waals surface area contributed by atoms with E-state index in [1.165, 1.54) is 11.8 Å². The van der Waals surface area contributed by atoms with Gasteiger partial charge >= 0.3 is 5.97 Å². The monoisotopic (exact) mass is 292 g/mol. The highest BCUT2D eigenvalue weighted by Crippen LogP contribution is 2.31. The summed E-state index contributed by atoms with van der Waals surface area (Å²) in [5.41, 5.74) is 1.86. The average Bonchev–Trinajstić information content (AvgIpc) is 2.99. The van der Waals surface area contributed by atoms with Crippen molar-refractivity contribution in [2.75, 3.05) is 25.9 Å². The first-order chi connectivity index (χ1) is 9.65. The van der Waals surface area contributed by atoms with Crippen molar-refractivity contribution in [3.05, 3.63) is 18.5 Å². The predicted molar refractivity (Wildman–Crippen MR) is 77.0 cm³/mol. The second-order valence-electron chi connectivity index (χ2n) is 5.02. The molecule has 1 aliphatic rings. The van der Waals surface area contributed by atoms with Gasteiger partial charge in [-0.15, -0.1) is 0 Å². The van der Waals surface area contributed by atoms with Gasteiger partial charge in [0.25, 0.3) is 0 Å². The highest BCUT2D eigenvalue weighted by atomic mass is 32.2. The van der Waals surface area contributed by atoms with E-state index in [0.29, 0.717) is 6.04 Å². The summed E-state index contributed by atoms with van der Waals surface area (Å²) < 4.78 is 2.17. The summed E-state index contributed by atoms with van der Waals surface area (Å²) in [5.74, 6) is -0.797. The number of hydrogen-bond acceptors (Lipinski definition) is 5. The number of carboxylic acids is 1. The minimum atomic E-state index is -0.824. The van der Waals surface area contributed by atoms with Crippen LogP contribution in [0.3, 0.4) is 0 Å². The number of carbonyl (C=O) groups is 1. The van der Waals surface area contributed by atoms with Crippen LogP contribution in [-0.2, 0) is 4.79 Å². The zero-order valence-electron chi connectivity index (χ0n) is 11.2. The van der Waals surface area contributed by atoms with Crippen LogP contribution in [0, 0.1) is 0 Å². The van der Waals surface area contributed by atoms with Crippen molar-refractivity contribution in [2.24, 2.45) is 0 Å². The fourth-order valence-electron chi connectivity index (χ4n) is 2.63. The second-order valence-corrected chi connectivity index (χ2v) is 5.96. The Balaban J connectivity index is 2.01. The molecule has 3 rings (SSSR count). The lowest BCUT2D eigenvalue weighted by molar-refractivity contribution is -0.133. The van der Waals surface area contributed by atoms with Gasteiger partial charge in [0, 0.05) is 12.7 Å². The van der Waals surface area contributed by atoms with Crippen LogP contribution in [0.2, 0.25) is 0 Å². The topological polar surface area (TPSA) is 71.2 Å². The van der Waals surface area contributed by atoms with Crippen LogP contribution in [0.25, 0.3) is 11.0 Å². The molecule has 3 heterocycles. The van der Waals surface area contributed by atoms with Crippen LogP contribution < -0.4 is 0 Å². The van der Waals surface area contributed by atoms with Crippen LogP contribution in [0.15, 0.2) is 23.6 Å². The minimum Gasteiger partial charge on any atom is -0.481 e. The molecule has 1 atom stereocenters. The summed E-state index contributed by atoms with van der Waals surface area (Å²) in [6, 6.07) is 2.30. The molecule has 1 saturated heterocycles. The number of fused-ring (bicyclic) bond motifs is 1. The zero-order valence-corrected chi connectivity index (χ0v) is 12.0. The number of pyridine rings is 1. The molecule has 2 aromatic rings. The molecule has 0 bridgehead atoms. The molecule has 1 N–H and O–H groups in total. The quantitative estimate of drug-likeness (QED) is 0.861. The van der Waals surface area contributed by atoms with E-state index >= 15 is 0 Å². The van der Waals surface area contributed by atoms with E-state index < -0.39 is 5.97 Å². The summed E-state index contributed by atoms with van der Waals surface area (Å²) in [5, 5.41) is 9.64. The molecule has 0 radical (unpaired) electrons. The number of thioether (sulfide) groups is 1. The van der Waals surface area contributed by atoms with Crippen molar-refractivity contribution in [3.63, 3.8) is 0 Å². The number of rotatable bonds is 4. The lowest BCUT2D eigenvalue weighted by atomic mass is 10.2. The summed E-state index contributed by atoms with van der Waals surface area (Å²) in [4.78, 5) is 21.7. The number of likely N-dealkylation sites (tertiary alicyclic amines) is 1. The molecule has 0 amide bonds. The molecule has 0 spiro atoms. The Hall–Kier alpha value is -1.60. The van der Waals surface area contributed by atoms with Gasteiger partial charge in [0.05, 0.1) is 23.5 Å². The predicted octanol–water partition coefficient (Wildman–Crippen LogP) is 1.48. The average molecular weight is 292 g/mol. The summed E-state index contributed by atoms with van der Waals surface area (Å²) in [7, 11) is 2.10. The normalized spacial score (nSPS) is 19.8. The van der Waals surface area contributed by atoms with Gasteiger partial charge in [-0.25, -0.2) is 4.98 Å². The van der Waals surface area contributed by atoms with E-state index in [1.807, 2.05) is 6.07 Å². The molecular weight excluding hydrogens is 276 g/mol. The van der Waals surface area contributed by atoms with E-state index in [1.54, 1.807) is 12.4 Å². The minimum absolute atomic E-state index is 0.0271. The van der Waals surface area contributed by atoms with E-state index in [9.17, 15) is 4.79 Å². The Labute approximate surface area is 120 Å². The number of imidazole rings is 1. The Morgan fingerprint density at radius 2 is 2.45 bits per heavy atom. The van der Waals surface area contributed by atoms with Crippen molar-refractivity contribution in [2.45, 2.75) is 17.6 Å². The number of carboxylic acid groups (broad SMARTS) is 1. The van der Waals surface area contributed by atoms with Gasteiger partial charge in [0.2, 0.25) is 0 Å². The maximum Gasteiger partial charge on any atom is 0.313 e. The second kappa shape index (κ2) is 5.41. The summed E-state index contributed by atoms with van der Waals surface area (Å²) >= 11 is 1.27. The summed E-state index contributed by atoms with van der Waals surface area (Å²) in [6.07, 6.45) is 4.55. The lowest BCUT2D eigenvalue weighted by Crippen LogP contribution is -2.17. The van der Waals surface area contributed by atoms with Crippen LogP contribution in [-0.4, -0.2) is 56.4 Å². The molecule has 0 aliphatic carbocycles. The van der Waals surface area contributed by atoms with Crippen molar-refractivity contribution < 1.29 is 9.90 Å². The maximum absolute atomic E-state index is 10.8. The van der Waals surface area contributed by atoms with E-state index in [2.05, 4.69) is 26.5 Å². The first-order valence-electron chi connectivity index (χ1n) is 6.50. The van der Waals surface area contributed by atoms with E-state index in [-0.39, 0.29) is 5.75 Å². The zero-order chi connectivity index (χ0) is 14.1. The van der Waals surface area contributed by atoms with Crippen LogP contribution >= 0.6 is 11.8 Å². The van der Waals surface area contributed by atoms with Gasteiger partial charge in [-0.3, -0.25) is 9.78 Å². The number of likely N-dealkylation sites (N-methyl/N-ethyl adjacent to an activating group) is 1. The Morgan fingerprint density at radius 3 is 3.15 bits per heavy atom. The molecule has 0 saturated carbocycles. The molecular formula is C13H16N4O2S. The molecule has 20 heavy (non-hydrogen) atoms. The smallest absolute Gasteiger partial charge is 0.313 e. The maximum atomic E-state index is 10.8. The van der Waals surface area contributed by atoms with Crippen LogP contribution in [0.4, 0.5) is 0 Å². The molecule has 1 aliphatic heterocycles. The fraction of sp³-hybridized carbons (Fsp3) is 0.462. The number of aliphatic carboxylic acids is 1. The van der Waals surface area contributed by atoms with Gasteiger partial charge in [0.1, 0.15) is 5.52 Å². The molecule has 1 unspecified atom stereocenters. The Morgan fingerprint density at radius 1 is 1.60 bits per heavy atom. The lowest BCUT2D eigenvalue weighted by Gasteiger charge is -2.16.